The number of benzene rings is 1. The van der Waals surface area contributed by atoms with Crippen LogP contribution < -0.4 is 10.6 Å². The molecule has 1 fully saturated rings. The minimum absolute atomic E-state index is 0.231. The topological polar surface area (TPSA) is 91.8 Å². The third kappa shape index (κ3) is 6.31. The maximum atomic E-state index is 14.0. The van der Waals surface area contributed by atoms with E-state index in [4.69, 9.17) is 0 Å². The summed E-state index contributed by atoms with van der Waals surface area (Å²) < 4.78 is 67.3. The maximum absolute atomic E-state index is 14.0. The molecule has 2 aliphatic rings. The molecule has 0 radical (unpaired) electrons. The number of amides is 2. The fourth-order valence-electron chi connectivity index (χ4n) is 5.76. The van der Waals surface area contributed by atoms with Crippen molar-refractivity contribution in [3.63, 3.8) is 0 Å². The highest BCUT2D eigenvalue weighted by molar-refractivity contribution is 5.96. The van der Waals surface area contributed by atoms with Gasteiger partial charge in [-0.2, -0.15) is 13.2 Å². The highest BCUT2D eigenvalue weighted by Crippen LogP contribution is 2.41. The SMILES string of the molecule is C[C@@H](NC(=O)CCC(F)(F)F)c1ccc2nc([C@@H](NC(=O)c3ccn4c3CCC4)C3CCC(F)(F)CC3)[nH]c2c1. The first kappa shape index (κ1) is 28.1. The molecule has 0 unspecified atom stereocenters. The average molecular weight is 566 g/mol. The van der Waals surface area contributed by atoms with Crippen LogP contribution in [0, 0.1) is 5.92 Å². The number of fused-ring (bicyclic) bond motifs is 2. The largest absolute Gasteiger partial charge is 0.389 e. The Bertz CT molecular complexity index is 1390. The molecule has 12 heteroatoms. The molecule has 1 aromatic carbocycles. The summed E-state index contributed by atoms with van der Waals surface area (Å²) in [5, 5.41) is 5.65. The number of nitrogens with zero attached hydrogens (tertiary/aromatic N) is 2. The number of alkyl halides is 5. The van der Waals surface area contributed by atoms with Crippen molar-refractivity contribution in [1.82, 2.24) is 25.2 Å². The van der Waals surface area contributed by atoms with Gasteiger partial charge in [-0.3, -0.25) is 9.59 Å². The number of aromatic nitrogens is 3. The highest BCUT2D eigenvalue weighted by Gasteiger charge is 2.40. The maximum Gasteiger partial charge on any atom is 0.389 e. The number of hydrogen-bond donors (Lipinski definition) is 3. The van der Waals surface area contributed by atoms with Crippen LogP contribution in [0.2, 0.25) is 0 Å². The second-order valence-corrected chi connectivity index (χ2v) is 10.9. The molecule has 2 amide bonds. The highest BCUT2D eigenvalue weighted by atomic mass is 19.4. The Hall–Kier alpha value is -3.44. The van der Waals surface area contributed by atoms with Gasteiger partial charge >= 0.3 is 6.18 Å². The lowest BCUT2D eigenvalue weighted by molar-refractivity contribution is -0.144. The molecule has 1 aliphatic carbocycles. The van der Waals surface area contributed by atoms with Gasteiger partial charge in [0.25, 0.3) is 5.91 Å². The Morgan fingerprint density at radius 3 is 2.65 bits per heavy atom. The zero-order chi connectivity index (χ0) is 28.7. The average Bonchev–Trinajstić information content (AvgIpc) is 3.61. The second kappa shape index (κ2) is 10.9. The van der Waals surface area contributed by atoms with E-state index < -0.39 is 42.9 Å². The Balaban J connectivity index is 1.36. The van der Waals surface area contributed by atoms with Crippen LogP contribution in [0.4, 0.5) is 22.0 Å². The van der Waals surface area contributed by atoms with Gasteiger partial charge in [0, 0.05) is 37.7 Å². The summed E-state index contributed by atoms with van der Waals surface area (Å²) in [5.74, 6) is -3.49. The van der Waals surface area contributed by atoms with Crippen molar-refractivity contribution in [3.05, 3.63) is 53.1 Å². The number of carbonyl (C=O) groups excluding carboxylic acids is 2. The number of rotatable bonds is 8. The van der Waals surface area contributed by atoms with Crippen LogP contribution in [0.3, 0.4) is 0 Å². The zero-order valence-corrected chi connectivity index (χ0v) is 22.1. The molecule has 0 bridgehead atoms. The van der Waals surface area contributed by atoms with Gasteiger partial charge in [-0.05, 0) is 62.3 Å². The molecule has 7 nitrogen and oxygen atoms in total. The predicted octanol–water partition coefficient (Wildman–Crippen LogP) is 6.13. The lowest BCUT2D eigenvalue weighted by Crippen LogP contribution is -2.38. The molecule has 2 aromatic heterocycles. The number of halogens is 5. The van der Waals surface area contributed by atoms with E-state index in [1.807, 2.05) is 6.20 Å². The van der Waals surface area contributed by atoms with E-state index in [1.165, 1.54) is 0 Å². The summed E-state index contributed by atoms with van der Waals surface area (Å²) in [7, 11) is 0. The van der Waals surface area contributed by atoms with Gasteiger partial charge in [-0.25, -0.2) is 13.8 Å². The van der Waals surface area contributed by atoms with Gasteiger partial charge in [0.2, 0.25) is 11.8 Å². The first-order chi connectivity index (χ1) is 18.9. The summed E-state index contributed by atoms with van der Waals surface area (Å²) in [4.78, 5) is 33.3. The van der Waals surface area contributed by atoms with Crippen molar-refractivity contribution in [2.24, 2.45) is 5.92 Å². The molecule has 1 aliphatic heterocycles. The predicted molar refractivity (Wildman–Crippen MR) is 138 cm³/mol. The molecule has 3 heterocycles. The molecule has 5 rings (SSSR count). The van der Waals surface area contributed by atoms with Crippen molar-refractivity contribution in [3.8, 4) is 0 Å². The van der Waals surface area contributed by atoms with Crippen LogP contribution in [-0.2, 0) is 17.8 Å². The van der Waals surface area contributed by atoms with Crippen molar-refractivity contribution < 1.29 is 31.5 Å². The van der Waals surface area contributed by atoms with Gasteiger partial charge in [-0.1, -0.05) is 6.07 Å². The Morgan fingerprint density at radius 2 is 1.93 bits per heavy atom. The fraction of sp³-hybridized carbons (Fsp3) is 0.536. The van der Waals surface area contributed by atoms with Gasteiger partial charge in [0.1, 0.15) is 5.82 Å². The molecule has 0 spiro atoms. The van der Waals surface area contributed by atoms with Crippen molar-refractivity contribution in [2.75, 3.05) is 0 Å². The summed E-state index contributed by atoms with van der Waals surface area (Å²) in [5.41, 5.74) is 3.39. The van der Waals surface area contributed by atoms with E-state index in [0.717, 1.165) is 25.1 Å². The number of nitrogens with one attached hydrogen (secondary N) is 3. The number of H-pyrrole nitrogens is 1. The first-order valence-corrected chi connectivity index (χ1v) is 13.6. The van der Waals surface area contributed by atoms with Crippen molar-refractivity contribution >= 4 is 22.8 Å². The van der Waals surface area contributed by atoms with Gasteiger partial charge < -0.3 is 20.2 Å². The van der Waals surface area contributed by atoms with Crippen LogP contribution in [0.25, 0.3) is 11.0 Å². The Labute approximate surface area is 227 Å². The molecule has 2 atom stereocenters. The minimum atomic E-state index is -4.41. The lowest BCUT2D eigenvalue weighted by atomic mass is 9.81. The van der Waals surface area contributed by atoms with E-state index in [9.17, 15) is 31.5 Å². The number of aryl methyl sites for hydroxylation is 1. The molecular formula is C28H32F5N5O2. The van der Waals surface area contributed by atoms with Crippen LogP contribution in [-0.4, -0.2) is 38.4 Å². The summed E-state index contributed by atoms with van der Waals surface area (Å²) >= 11 is 0. The van der Waals surface area contributed by atoms with Gasteiger partial charge in [0.05, 0.1) is 35.1 Å². The molecule has 216 valence electrons. The van der Waals surface area contributed by atoms with E-state index in [1.54, 1.807) is 31.2 Å². The fourth-order valence-corrected chi connectivity index (χ4v) is 5.76. The van der Waals surface area contributed by atoms with Crippen molar-refractivity contribution in [1.29, 1.82) is 0 Å². The molecule has 0 saturated heterocycles. The van der Waals surface area contributed by atoms with Crippen LogP contribution in [0.1, 0.15) is 91.4 Å². The Morgan fingerprint density at radius 1 is 1.18 bits per heavy atom. The van der Waals surface area contributed by atoms with E-state index in [2.05, 4.69) is 25.2 Å². The van der Waals surface area contributed by atoms with Gasteiger partial charge in [-0.15, -0.1) is 0 Å². The quantitative estimate of drug-likeness (QED) is 0.287. The van der Waals surface area contributed by atoms with E-state index in [-0.39, 0.29) is 37.5 Å². The summed E-state index contributed by atoms with van der Waals surface area (Å²) in [6.07, 6.45) is -2.67. The van der Waals surface area contributed by atoms with Crippen LogP contribution >= 0.6 is 0 Å². The standard InChI is InChI=1S/C28H32F5N5O2/c1-16(34-23(39)8-12-28(31,32)33)18-4-5-20-21(15-18)36-25(35-20)24(17-6-10-27(29,30)11-7-17)37-26(40)19-9-14-38-13-2-3-22(19)38/h4-5,9,14-17,24H,2-3,6-8,10-13H2,1H3,(H,34,39)(H,35,36)(H,37,40)/t16-,24+/m1/s1. The monoisotopic (exact) mass is 565 g/mol. The lowest BCUT2D eigenvalue weighted by Gasteiger charge is -2.33. The zero-order valence-electron chi connectivity index (χ0n) is 22.1. The van der Waals surface area contributed by atoms with E-state index >= 15 is 0 Å². The summed E-state index contributed by atoms with van der Waals surface area (Å²) in [6.45, 7) is 2.53. The summed E-state index contributed by atoms with van der Waals surface area (Å²) in [6, 6.07) is 5.81. The molecule has 1 saturated carbocycles. The second-order valence-electron chi connectivity index (χ2n) is 10.9. The molecule has 40 heavy (non-hydrogen) atoms. The van der Waals surface area contributed by atoms with Crippen LogP contribution in [0.5, 0.6) is 0 Å². The number of hydrogen-bond acceptors (Lipinski definition) is 3. The smallest absolute Gasteiger partial charge is 0.351 e. The number of carbonyl (C=O) groups is 2. The Kier molecular flexibility index (Phi) is 7.62. The van der Waals surface area contributed by atoms with E-state index in [0.29, 0.717) is 28.0 Å². The molecular weight excluding hydrogens is 533 g/mol. The first-order valence-electron chi connectivity index (χ1n) is 13.6. The third-order valence-electron chi connectivity index (χ3n) is 7.99. The number of imidazole rings is 1. The normalized spacial score (nSPS) is 18.9. The molecule has 3 aromatic rings. The number of aromatic amines is 1. The third-order valence-corrected chi connectivity index (χ3v) is 7.99. The van der Waals surface area contributed by atoms with Gasteiger partial charge in [0.15, 0.2) is 0 Å². The van der Waals surface area contributed by atoms with Crippen molar-refractivity contribution in [2.45, 2.75) is 89.0 Å². The minimum Gasteiger partial charge on any atom is -0.351 e. The van der Waals surface area contributed by atoms with Crippen LogP contribution in [0.15, 0.2) is 30.5 Å². The molecule has 3 N–H and O–H groups in total.